The van der Waals surface area contributed by atoms with Crippen molar-refractivity contribution in [3.8, 4) is 5.75 Å². The van der Waals surface area contributed by atoms with Crippen LogP contribution in [-0.2, 0) is 0 Å². The van der Waals surface area contributed by atoms with Gasteiger partial charge in [-0.25, -0.2) is 4.98 Å². The van der Waals surface area contributed by atoms with Gasteiger partial charge in [-0.2, -0.15) is 0 Å². The molecule has 1 aromatic rings. The van der Waals surface area contributed by atoms with Crippen LogP contribution in [0.3, 0.4) is 0 Å². The predicted octanol–water partition coefficient (Wildman–Crippen LogP) is 2.57. The van der Waals surface area contributed by atoms with Crippen LogP contribution in [0.15, 0.2) is 18.3 Å². The number of hydrogen-bond donors (Lipinski definition) is 2. The minimum Gasteiger partial charge on any atom is -0.493 e. The molecule has 2 aliphatic rings. The normalized spacial score (nSPS) is 28.2. The Morgan fingerprint density at radius 2 is 2.32 bits per heavy atom. The first-order chi connectivity index (χ1) is 9.26. The molecule has 0 amide bonds. The summed E-state index contributed by atoms with van der Waals surface area (Å²) < 4.78 is 5.25. The summed E-state index contributed by atoms with van der Waals surface area (Å²) >= 11 is 5.38. The third-order valence-corrected chi connectivity index (χ3v) is 4.50. The topological polar surface area (TPSA) is 46.2 Å². The number of aromatic nitrogens is 1. The van der Waals surface area contributed by atoms with E-state index in [2.05, 4.69) is 15.6 Å². The molecular formula is C14H19N3OS. The number of methoxy groups -OCH3 is 1. The number of rotatable bonds is 3. The van der Waals surface area contributed by atoms with Crippen LogP contribution in [0.2, 0.25) is 0 Å². The van der Waals surface area contributed by atoms with Gasteiger partial charge in [-0.15, -0.1) is 0 Å². The molecule has 0 aromatic carbocycles. The fourth-order valence-electron chi connectivity index (χ4n) is 3.38. The molecule has 3 atom stereocenters. The Labute approximate surface area is 118 Å². The fourth-order valence-corrected chi connectivity index (χ4v) is 3.63. The van der Waals surface area contributed by atoms with Gasteiger partial charge in [0.25, 0.3) is 0 Å². The van der Waals surface area contributed by atoms with Crippen molar-refractivity contribution in [2.75, 3.05) is 12.4 Å². The van der Waals surface area contributed by atoms with E-state index in [1.165, 1.54) is 25.7 Å². The fraction of sp³-hybridized carbons (Fsp3) is 0.571. The number of ether oxygens (including phenoxy) is 1. The minimum absolute atomic E-state index is 0.536. The highest BCUT2D eigenvalue weighted by Gasteiger charge is 2.39. The molecule has 0 aliphatic heterocycles. The van der Waals surface area contributed by atoms with Crippen LogP contribution in [0.4, 0.5) is 5.82 Å². The molecule has 2 fully saturated rings. The quantitative estimate of drug-likeness (QED) is 0.832. The predicted molar refractivity (Wildman–Crippen MR) is 79.4 cm³/mol. The lowest BCUT2D eigenvalue weighted by Gasteiger charge is -2.24. The monoisotopic (exact) mass is 277 g/mol. The second kappa shape index (κ2) is 5.33. The van der Waals surface area contributed by atoms with Gasteiger partial charge in [0.05, 0.1) is 7.11 Å². The summed E-state index contributed by atoms with van der Waals surface area (Å²) in [6.45, 7) is 0. The maximum absolute atomic E-state index is 5.38. The number of hydrogen-bond acceptors (Lipinski definition) is 3. The van der Waals surface area contributed by atoms with E-state index in [-0.39, 0.29) is 0 Å². The average Bonchev–Trinajstić information content (AvgIpc) is 3.01. The van der Waals surface area contributed by atoms with Crippen LogP contribution >= 0.6 is 12.2 Å². The zero-order chi connectivity index (χ0) is 13.2. The van der Waals surface area contributed by atoms with Crippen molar-refractivity contribution in [3.05, 3.63) is 18.3 Å². The van der Waals surface area contributed by atoms with E-state index in [1.807, 2.05) is 12.1 Å². The van der Waals surface area contributed by atoms with E-state index < -0.39 is 0 Å². The molecule has 102 valence electrons. The highest BCUT2D eigenvalue weighted by Crippen LogP contribution is 2.44. The zero-order valence-electron chi connectivity index (χ0n) is 11.1. The van der Waals surface area contributed by atoms with Crippen molar-refractivity contribution in [1.29, 1.82) is 0 Å². The lowest BCUT2D eigenvalue weighted by atomic mass is 9.96. The second-order valence-corrected chi connectivity index (χ2v) is 5.84. The SMILES string of the molecule is COc1cccnc1NC(=S)N[C@H]1C[C@H]2CC[C@H]1C2. The van der Waals surface area contributed by atoms with Crippen molar-refractivity contribution in [3.63, 3.8) is 0 Å². The summed E-state index contributed by atoms with van der Waals surface area (Å²) in [4.78, 5) is 4.25. The van der Waals surface area contributed by atoms with E-state index in [1.54, 1.807) is 13.3 Å². The van der Waals surface area contributed by atoms with Crippen LogP contribution in [0.1, 0.15) is 25.7 Å². The molecule has 1 aromatic heterocycles. The third kappa shape index (κ3) is 2.66. The first kappa shape index (κ1) is 12.7. The van der Waals surface area contributed by atoms with Gasteiger partial charge in [-0.3, -0.25) is 0 Å². The van der Waals surface area contributed by atoms with E-state index in [0.29, 0.717) is 22.7 Å². The molecule has 19 heavy (non-hydrogen) atoms. The molecule has 3 rings (SSSR count). The summed E-state index contributed by atoms with van der Waals surface area (Å²) in [5.41, 5.74) is 0. The van der Waals surface area contributed by atoms with Gasteiger partial charge >= 0.3 is 0 Å². The van der Waals surface area contributed by atoms with Gasteiger partial charge in [0.1, 0.15) is 0 Å². The van der Waals surface area contributed by atoms with E-state index in [4.69, 9.17) is 17.0 Å². The van der Waals surface area contributed by atoms with Crippen molar-refractivity contribution >= 4 is 23.1 Å². The number of nitrogens with zero attached hydrogens (tertiary/aromatic N) is 1. The number of anilines is 1. The number of pyridine rings is 1. The number of fused-ring (bicyclic) bond motifs is 2. The van der Waals surface area contributed by atoms with E-state index in [0.717, 1.165) is 11.8 Å². The van der Waals surface area contributed by atoms with Gasteiger partial charge in [0.2, 0.25) is 0 Å². The van der Waals surface area contributed by atoms with Crippen molar-refractivity contribution < 1.29 is 4.74 Å². The summed E-state index contributed by atoms with van der Waals surface area (Å²) in [7, 11) is 1.63. The van der Waals surface area contributed by atoms with Gasteiger partial charge < -0.3 is 15.4 Å². The lowest BCUT2D eigenvalue weighted by Crippen LogP contribution is -2.41. The Morgan fingerprint density at radius 1 is 1.42 bits per heavy atom. The maximum Gasteiger partial charge on any atom is 0.174 e. The van der Waals surface area contributed by atoms with Gasteiger partial charge in [-0.1, -0.05) is 6.42 Å². The van der Waals surface area contributed by atoms with Crippen LogP contribution in [0.25, 0.3) is 0 Å². The molecule has 0 saturated heterocycles. The van der Waals surface area contributed by atoms with Crippen LogP contribution in [0, 0.1) is 11.8 Å². The third-order valence-electron chi connectivity index (χ3n) is 4.28. The number of thiocarbonyl (C=S) groups is 1. The smallest absolute Gasteiger partial charge is 0.174 e. The van der Waals surface area contributed by atoms with E-state index >= 15 is 0 Å². The first-order valence-corrected chi connectivity index (χ1v) is 7.23. The second-order valence-electron chi connectivity index (χ2n) is 5.43. The van der Waals surface area contributed by atoms with Gasteiger partial charge in [-0.05, 0) is 55.4 Å². The highest BCUT2D eigenvalue weighted by atomic mass is 32.1. The van der Waals surface area contributed by atoms with Gasteiger partial charge in [0.15, 0.2) is 16.7 Å². The van der Waals surface area contributed by atoms with Crippen molar-refractivity contribution in [2.45, 2.75) is 31.7 Å². The van der Waals surface area contributed by atoms with Crippen LogP contribution in [-0.4, -0.2) is 23.2 Å². The molecule has 2 aliphatic carbocycles. The molecule has 4 nitrogen and oxygen atoms in total. The molecule has 0 unspecified atom stereocenters. The maximum atomic E-state index is 5.38. The van der Waals surface area contributed by atoms with Gasteiger partial charge in [0, 0.05) is 12.2 Å². The molecular weight excluding hydrogens is 258 g/mol. The number of nitrogens with one attached hydrogen (secondary N) is 2. The molecule has 2 saturated carbocycles. The van der Waals surface area contributed by atoms with Crippen molar-refractivity contribution in [1.82, 2.24) is 10.3 Å². The Kier molecular flexibility index (Phi) is 3.55. The summed E-state index contributed by atoms with van der Waals surface area (Å²) in [6, 6.07) is 4.25. The highest BCUT2D eigenvalue weighted by molar-refractivity contribution is 7.80. The summed E-state index contributed by atoms with van der Waals surface area (Å²) in [5.74, 6) is 3.09. The lowest BCUT2D eigenvalue weighted by molar-refractivity contribution is 0.391. The van der Waals surface area contributed by atoms with Crippen molar-refractivity contribution in [2.24, 2.45) is 11.8 Å². The molecule has 0 spiro atoms. The zero-order valence-corrected chi connectivity index (χ0v) is 11.9. The standard InChI is InChI=1S/C14H19N3OS/c1-18-12-3-2-6-15-13(12)17-14(19)16-11-8-9-4-5-10(11)7-9/h2-3,6,9-11H,4-5,7-8H2,1H3,(H2,15,16,17,19)/t9-,10-,11-/m0/s1. The Bertz CT molecular complexity index is 480. The summed E-state index contributed by atoms with van der Waals surface area (Å²) in [6.07, 6.45) is 7.10. The first-order valence-electron chi connectivity index (χ1n) is 6.83. The molecule has 5 heteroatoms. The van der Waals surface area contributed by atoms with E-state index in [9.17, 15) is 0 Å². The minimum atomic E-state index is 0.536. The molecule has 2 bridgehead atoms. The molecule has 1 heterocycles. The largest absolute Gasteiger partial charge is 0.493 e. The average molecular weight is 277 g/mol. The Balaban J connectivity index is 1.59. The summed E-state index contributed by atoms with van der Waals surface area (Å²) in [5, 5.41) is 7.21. The van der Waals surface area contributed by atoms with Crippen LogP contribution in [0.5, 0.6) is 5.75 Å². The Morgan fingerprint density at radius 3 is 3.00 bits per heavy atom. The molecule has 0 radical (unpaired) electrons. The molecule has 2 N–H and O–H groups in total. The Hall–Kier alpha value is -1.36. The van der Waals surface area contributed by atoms with Crippen LogP contribution < -0.4 is 15.4 Å².